The fourth-order valence-electron chi connectivity index (χ4n) is 3.36. The molecule has 1 amide bonds. The molecular formula is C19H38IN5O2. The molecule has 0 aromatic rings. The molecular weight excluding hydrogens is 457 g/mol. The Morgan fingerprint density at radius 3 is 2.37 bits per heavy atom. The number of halogens is 1. The van der Waals surface area contributed by atoms with Gasteiger partial charge in [0.1, 0.15) is 0 Å². The first kappa shape index (κ1) is 24.4. The van der Waals surface area contributed by atoms with Crippen LogP contribution in [0, 0.1) is 11.3 Å². The number of likely N-dealkylation sites (tertiary alicyclic amines) is 1. The van der Waals surface area contributed by atoms with E-state index in [1.807, 2.05) is 20.8 Å². The summed E-state index contributed by atoms with van der Waals surface area (Å²) < 4.78 is 5.48. The summed E-state index contributed by atoms with van der Waals surface area (Å²) >= 11 is 0. The Morgan fingerprint density at radius 1 is 1.15 bits per heavy atom. The van der Waals surface area contributed by atoms with Crippen molar-refractivity contribution in [2.75, 3.05) is 53.0 Å². The predicted molar refractivity (Wildman–Crippen MR) is 121 cm³/mol. The fraction of sp³-hybridized carbons (Fsp3) is 0.895. The Bertz CT molecular complexity index is 467. The predicted octanol–water partition coefficient (Wildman–Crippen LogP) is 1.43. The Balaban J connectivity index is 0.00000364. The second kappa shape index (κ2) is 12.1. The molecule has 27 heavy (non-hydrogen) atoms. The minimum atomic E-state index is -0.349. The number of hydrogen-bond acceptors (Lipinski definition) is 4. The fourth-order valence-corrected chi connectivity index (χ4v) is 3.36. The largest absolute Gasteiger partial charge is 0.381 e. The summed E-state index contributed by atoms with van der Waals surface area (Å²) in [4.78, 5) is 18.7. The molecule has 0 aliphatic carbocycles. The maximum absolute atomic E-state index is 11.9. The first-order chi connectivity index (χ1) is 12.4. The molecule has 0 saturated carbocycles. The van der Waals surface area contributed by atoms with Gasteiger partial charge in [-0.25, -0.2) is 0 Å². The third-order valence-corrected chi connectivity index (χ3v) is 5.08. The summed E-state index contributed by atoms with van der Waals surface area (Å²) in [5, 5.41) is 9.75. The van der Waals surface area contributed by atoms with Gasteiger partial charge in [-0.15, -0.1) is 24.0 Å². The normalized spacial score (nSPS) is 22.2. The number of rotatable bonds is 6. The van der Waals surface area contributed by atoms with E-state index < -0.39 is 0 Å². The zero-order chi connectivity index (χ0) is 19.0. The third-order valence-electron chi connectivity index (χ3n) is 5.08. The van der Waals surface area contributed by atoms with Crippen LogP contribution in [0.3, 0.4) is 0 Å². The Hall–Kier alpha value is -0.610. The second-order valence-corrected chi connectivity index (χ2v) is 8.45. The Morgan fingerprint density at radius 2 is 1.81 bits per heavy atom. The summed E-state index contributed by atoms with van der Waals surface area (Å²) in [5.41, 5.74) is -0.349. The van der Waals surface area contributed by atoms with Gasteiger partial charge in [-0.2, -0.15) is 0 Å². The maximum Gasteiger partial charge on any atom is 0.225 e. The van der Waals surface area contributed by atoms with Gasteiger partial charge in [0.2, 0.25) is 5.91 Å². The van der Waals surface area contributed by atoms with Gasteiger partial charge in [-0.3, -0.25) is 9.79 Å². The van der Waals surface area contributed by atoms with Gasteiger partial charge < -0.3 is 25.6 Å². The first-order valence-electron chi connectivity index (χ1n) is 9.94. The molecule has 2 aliphatic heterocycles. The van der Waals surface area contributed by atoms with Crippen molar-refractivity contribution in [1.29, 1.82) is 0 Å². The monoisotopic (exact) mass is 495 g/mol. The van der Waals surface area contributed by atoms with Gasteiger partial charge in [-0.1, -0.05) is 20.8 Å². The van der Waals surface area contributed by atoms with E-state index in [9.17, 15) is 4.79 Å². The minimum Gasteiger partial charge on any atom is -0.381 e. The van der Waals surface area contributed by atoms with Crippen LogP contribution in [0.25, 0.3) is 0 Å². The maximum atomic E-state index is 11.9. The van der Waals surface area contributed by atoms with Gasteiger partial charge in [0.25, 0.3) is 0 Å². The number of nitrogens with one attached hydrogen (secondary N) is 3. The van der Waals surface area contributed by atoms with Gasteiger partial charge in [0.05, 0.1) is 6.61 Å². The SMILES string of the molecule is CN=C(NCCNC(=O)C(C)(C)C)NC1CCN(CC2CCOC2)CC1.I. The number of hydrogen-bond donors (Lipinski definition) is 3. The second-order valence-electron chi connectivity index (χ2n) is 8.45. The highest BCUT2D eigenvalue weighted by Gasteiger charge is 2.24. The van der Waals surface area contributed by atoms with Crippen LogP contribution in [-0.4, -0.2) is 75.8 Å². The molecule has 1 atom stereocenters. The van der Waals surface area contributed by atoms with Gasteiger partial charge >= 0.3 is 0 Å². The van der Waals surface area contributed by atoms with Gasteiger partial charge in [-0.05, 0) is 25.2 Å². The van der Waals surface area contributed by atoms with Crippen molar-refractivity contribution in [3.05, 3.63) is 0 Å². The number of aliphatic imine (C=N–C) groups is 1. The van der Waals surface area contributed by atoms with Crippen molar-refractivity contribution in [2.45, 2.75) is 46.1 Å². The Labute approximate surface area is 181 Å². The molecule has 0 aromatic heterocycles. The molecule has 2 saturated heterocycles. The van der Waals surface area contributed by atoms with Crippen LogP contribution in [-0.2, 0) is 9.53 Å². The molecule has 8 heteroatoms. The lowest BCUT2D eigenvalue weighted by atomic mass is 9.96. The van der Waals surface area contributed by atoms with Crippen LogP contribution in [0.4, 0.5) is 0 Å². The van der Waals surface area contributed by atoms with Crippen molar-refractivity contribution in [1.82, 2.24) is 20.9 Å². The van der Waals surface area contributed by atoms with Crippen LogP contribution in [0.2, 0.25) is 0 Å². The van der Waals surface area contributed by atoms with E-state index in [0.717, 1.165) is 51.0 Å². The smallest absolute Gasteiger partial charge is 0.225 e. The molecule has 0 bridgehead atoms. The lowest BCUT2D eigenvalue weighted by Crippen LogP contribution is -2.50. The number of guanidine groups is 1. The zero-order valence-electron chi connectivity index (χ0n) is 17.3. The lowest BCUT2D eigenvalue weighted by Gasteiger charge is -2.34. The van der Waals surface area contributed by atoms with E-state index in [1.165, 1.54) is 13.0 Å². The zero-order valence-corrected chi connectivity index (χ0v) is 19.7. The molecule has 1 unspecified atom stereocenters. The van der Waals surface area contributed by atoms with Crippen molar-refractivity contribution in [3.8, 4) is 0 Å². The molecule has 7 nitrogen and oxygen atoms in total. The highest BCUT2D eigenvalue weighted by Crippen LogP contribution is 2.17. The van der Waals surface area contributed by atoms with Crippen molar-refractivity contribution < 1.29 is 9.53 Å². The average molecular weight is 495 g/mol. The van der Waals surface area contributed by atoms with E-state index in [-0.39, 0.29) is 35.3 Å². The van der Waals surface area contributed by atoms with Crippen LogP contribution in [0.1, 0.15) is 40.0 Å². The molecule has 2 rings (SSSR count). The van der Waals surface area contributed by atoms with Gasteiger partial charge in [0.15, 0.2) is 5.96 Å². The van der Waals surface area contributed by atoms with Crippen molar-refractivity contribution in [3.63, 3.8) is 0 Å². The summed E-state index contributed by atoms with van der Waals surface area (Å²) in [6, 6.07) is 0.460. The lowest BCUT2D eigenvalue weighted by molar-refractivity contribution is -0.128. The highest BCUT2D eigenvalue weighted by atomic mass is 127. The minimum absolute atomic E-state index is 0. The molecule has 2 heterocycles. The summed E-state index contributed by atoms with van der Waals surface area (Å²) in [7, 11) is 1.79. The molecule has 2 aliphatic rings. The van der Waals surface area contributed by atoms with E-state index in [2.05, 4.69) is 25.8 Å². The van der Waals surface area contributed by atoms with E-state index in [0.29, 0.717) is 19.1 Å². The van der Waals surface area contributed by atoms with Crippen LogP contribution in [0.15, 0.2) is 4.99 Å². The van der Waals surface area contributed by atoms with E-state index in [4.69, 9.17) is 4.74 Å². The highest BCUT2D eigenvalue weighted by molar-refractivity contribution is 14.0. The van der Waals surface area contributed by atoms with Gasteiger partial charge in [0, 0.05) is 57.8 Å². The molecule has 3 N–H and O–H groups in total. The molecule has 0 radical (unpaired) electrons. The summed E-state index contributed by atoms with van der Waals surface area (Å²) in [6.07, 6.45) is 3.48. The molecule has 0 aromatic carbocycles. The number of ether oxygens (including phenoxy) is 1. The molecule has 2 fully saturated rings. The standard InChI is InChI=1S/C19H37N5O2.HI/c1-19(2,3)17(25)21-8-9-22-18(20-4)23-16-5-10-24(11-6-16)13-15-7-12-26-14-15;/h15-16H,5-14H2,1-4H3,(H,21,25)(H2,20,22,23);1H. The van der Waals surface area contributed by atoms with Crippen LogP contribution < -0.4 is 16.0 Å². The van der Waals surface area contributed by atoms with E-state index in [1.54, 1.807) is 7.05 Å². The quantitative estimate of drug-likeness (QED) is 0.225. The van der Waals surface area contributed by atoms with Crippen LogP contribution >= 0.6 is 24.0 Å². The molecule has 158 valence electrons. The summed E-state index contributed by atoms with van der Waals surface area (Å²) in [6.45, 7) is 12.3. The van der Waals surface area contributed by atoms with Crippen molar-refractivity contribution in [2.24, 2.45) is 16.3 Å². The van der Waals surface area contributed by atoms with Crippen LogP contribution in [0.5, 0.6) is 0 Å². The number of carbonyl (C=O) groups excluding carboxylic acids is 1. The molecule has 0 spiro atoms. The average Bonchev–Trinajstić information content (AvgIpc) is 3.11. The summed E-state index contributed by atoms with van der Waals surface area (Å²) in [5.74, 6) is 1.61. The number of amides is 1. The Kier molecular flexibility index (Phi) is 10.9. The third kappa shape index (κ3) is 8.95. The number of piperidine rings is 1. The number of nitrogens with zero attached hydrogens (tertiary/aromatic N) is 2. The topological polar surface area (TPSA) is 78.0 Å². The van der Waals surface area contributed by atoms with Crippen molar-refractivity contribution >= 4 is 35.8 Å². The first-order valence-corrected chi connectivity index (χ1v) is 9.94. The van der Waals surface area contributed by atoms with E-state index >= 15 is 0 Å². The number of carbonyl (C=O) groups is 1.